The summed E-state index contributed by atoms with van der Waals surface area (Å²) in [6, 6.07) is 5.81. The molecule has 0 atom stereocenters. The van der Waals surface area contributed by atoms with Gasteiger partial charge < -0.3 is 30.1 Å². The fraction of sp³-hybridized carbons (Fsp3) is 0.450. The van der Waals surface area contributed by atoms with Gasteiger partial charge in [0, 0.05) is 43.4 Å². The maximum atomic E-state index is 12.2. The maximum absolute atomic E-state index is 12.2. The number of benzene rings is 1. The normalized spacial score (nSPS) is 10.4. The van der Waals surface area contributed by atoms with Crippen molar-refractivity contribution in [1.82, 2.24) is 15.1 Å². The Kier molecular flexibility index (Phi) is 13.4. The van der Waals surface area contributed by atoms with Gasteiger partial charge in [0.2, 0.25) is 0 Å². The Morgan fingerprint density at radius 1 is 1.09 bits per heavy atom. The topological polar surface area (TPSA) is 163 Å². The number of hydrogen-bond acceptors (Lipinski definition) is 7. The number of amides is 2. The first-order valence-corrected chi connectivity index (χ1v) is 9.64. The van der Waals surface area contributed by atoms with Gasteiger partial charge in [-0.15, -0.1) is 0 Å². The number of carbonyl (C=O) groups is 3. The van der Waals surface area contributed by atoms with Crippen LogP contribution in [0.15, 0.2) is 36.4 Å². The second-order valence-electron chi connectivity index (χ2n) is 6.93. The number of carboxylic acid groups (broad SMARTS) is 2. The highest BCUT2D eigenvalue weighted by Gasteiger charge is 2.16. The van der Waals surface area contributed by atoms with Crippen molar-refractivity contribution >= 4 is 23.7 Å². The molecule has 0 aromatic heterocycles. The van der Waals surface area contributed by atoms with Crippen LogP contribution in [-0.4, -0.2) is 89.3 Å². The Morgan fingerprint density at radius 3 is 2.03 bits per heavy atom. The summed E-state index contributed by atoms with van der Waals surface area (Å²) in [7, 11) is 3.90. The molecule has 0 aliphatic rings. The molecule has 32 heavy (non-hydrogen) atoms. The Balaban J connectivity index is 0.00000102. The second-order valence-corrected chi connectivity index (χ2v) is 6.93. The highest BCUT2D eigenvalue weighted by molar-refractivity contribution is 5.89. The van der Waals surface area contributed by atoms with Gasteiger partial charge in [-0.3, -0.25) is 10.1 Å². The van der Waals surface area contributed by atoms with Crippen molar-refractivity contribution in [3.8, 4) is 5.75 Å². The van der Waals surface area contributed by atoms with E-state index in [-0.39, 0.29) is 17.8 Å². The predicted octanol–water partition coefficient (Wildman–Crippen LogP) is 1.67. The van der Waals surface area contributed by atoms with Gasteiger partial charge >= 0.3 is 18.0 Å². The van der Waals surface area contributed by atoms with E-state index in [1.54, 1.807) is 17.0 Å². The molecule has 0 radical (unpaired) electrons. The van der Waals surface area contributed by atoms with Gasteiger partial charge in [0.1, 0.15) is 12.4 Å². The summed E-state index contributed by atoms with van der Waals surface area (Å²) < 4.78 is 5.56. The van der Waals surface area contributed by atoms with Gasteiger partial charge in [0.05, 0.1) is 11.5 Å². The van der Waals surface area contributed by atoms with Crippen molar-refractivity contribution < 1.29 is 34.3 Å². The zero-order valence-electron chi connectivity index (χ0n) is 18.6. The van der Waals surface area contributed by atoms with E-state index in [0.717, 1.165) is 6.54 Å². The SMILES string of the molecule is CC(C)N(CCOc1ccc([N+](=O)[O-])cc1)C(=O)NCCN(C)C.O=C(O)/C=C\C(=O)O. The van der Waals surface area contributed by atoms with Gasteiger partial charge in [-0.05, 0) is 40.1 Å². The predicted molar refractivity (Wildman–Crippen MR) is 117 cm³/mol. The van der Waals surface area contributed by atoms with E-state index in [0.29, 0.717) is 37.6 Å². The first kappa shape index (κ1) is 28.3. The number of likely N-dealkylation sites (N-methyl/N-ethyl adjacent to an activating group) is 1. The third-order valence-corrected chi connectivity index (χ3v) is 3.74. The van der Waals surface area contributed by atoms with Gasteiger partial charge in [0.25, 0.3) is 5.69 Å². The van der Waals surface area contributed by atoms with E-state index in [4.69, 9.17) is 14.9 Å². The Hall–Kier alpha value is -3.67. The van der Waals surface area contributed by atoms with E-state index >= 15 is 0 Å². The van der Waals surface area contributed by atoms with Crippen LogP contribution in [0.3, 0.4) is 0 Å². The van der Waals surface area contributed by atoms with E-state index in [9.17, 15) is 24.5 Å². The lowest BCUT2D eigenvalue weighted by Crippen LogP contribution is -2.47. The second kappa shape index (κ2) is 15.2. The maximum Gasteiger partial charge on any atom is 0.328 e. The lowest BCUT2D eigenvalue weighted by molar-refractivity contribution is -0.384. The third-order valence-electron chi connectivity index (χ3n) is 3.74. The molecule has 12 nitrogen and oxygen atoms in total. The number of nitrogens with one attached hydrogen (secondary N) is 1. The molecular formula is C20H30N4O8. The summed E-state index contributed by atoms with van der Waals surface area (Å²) in [5.41, 5.74) is 0.0198. The number of hydrogen-bond donors (Lipinski definition) is 3. The number of rotatable bonds is 11. The van der Waals surface area contributed by atoms with Crippen molar-refractivity contribution in [1.29, 1.82) is 0 Å². The molecule has 0 saturated heterocycles. The van der Waals surface area contributed by atoms with Crippen LogP contribution in [0.25, 0.3) is 0 Å². The summed E-state index contributed by atoms with van der Waals surface area (Å²) >= 11 is 0. The summed E-state index contributed by atoms with van der Waals surface area (Å²) in [5.74, 6) is -1.97. The van der Waals surface area contributed by atoms with Crippen LogP contribution in [0, 0.1) is 10.1 Å². The molecule has 0 spiro atoms. The highest BCUT2D eigenvalue weighted by atomic mass is 16.6. The highest BCUT2D eigenvalue weighted by Crippen LogP contribution is 2.17. The zero-order valence-corrected chi connectivity index (χ0v) is 18.6. The molecule has 0 bridgehead atoms. The fourth-order valence-electron chi connectivity index (χ4n) is 2.15. The van der Waals surface area contributed by atoms with Crippen LogP contribution < -0.4 is 10.1 Å². The Labute approximate surface area is 186 Å². The minimum Gasteiger partial charge on any atom is -0.492 e. The number of nitro benzene ring substituents is 1. The number of ether oxygens (including phenoxy) is 1. The van der Waals surface area contributed by atoms with Gasteiger partial charge in [0.15, 0.2) is 0 Å². The molecule has 0 fully saturated rings. The molecule has 12 heteroatoms. The molecule has 1 aromatic carbocycles. The molecule has 3 N–H and O–H groups in total. The van der Waals surface area contributed by atoms with Crippen molar-refractivity contribution in [2.24, 2.45) is 0 Å². The van der Waals surface area contributed by atoms with E-state index in [2.05, 4.69) is 5.32 Å². The molecule has 0 aliphatic carbocycles. The first-order valence-electron chi connectivity index (χ1n) is 9.64. The zero-order chi connectivity index (χ0) is 24.7. The van der Waals surface area contributed by atoms with E-state index in [1.807, 2.05) is 32.8 Å². The number of urea groups is 1. The molecule has 2 amide bonds. The third kappa shape index (κ3) is 13.5. The Morgan fingerprint density at radius 2 is 1.62 bits per heavy atom. The summed E-state index contributed by atoms with van der Waals surface area (Å²) in [6.45, 7) is 5.99. The van der Waals surface area contributed by atoms with Gasteiger partial charge in [-0.2, -0.15) is 0 Å². The smallest absolute Gasteiger partial charge is 0.328 e. The first-order chi connectivity index (χ1) is 14.9. The van der Waals surface area contributed by atoms with Gasteiger partial charge in [-0.25, -0.2) is 14.4 Å². The van der Waals surface area contributed by atoms with Crippen LogP contribution in [0.4, 0.5) is 10.5 Å². The Bertz CT molecular complexity index is 762. The lowest BCUT2D eigenvalue weighted by Gasteiger charge is -2.27. The minimum absolute atomic E-state index is 0.0198. The van der Waals surface area contributed by atoms with Crippen molar-refractivity contribution in [2.45, 2.75) is 19.9 Å². The van der Waals surface area contributed by atoms with Crippen molar-refractivity contribution in [2.75, 3.05) is 40.3 Å². The number of carbonyl (C=O) groups excluding carboxylic acids is 1. The quantitative estimate of drug-likeness (QED) is 0.256. The van der Waals surface area contributed by atoms with Crippen LogP contribution in [0.5, 0.6) is 5.75 Å². The molecule has 178 valence electrons. The molecule has 0 heterocycles. The fourth-order valence-corrected chi connectivity index (χ4v) is 2.15. The molecule has 0 aliphatic heterocycles. The summed E-state index contributed by atoms with van der Waals surface area (Å²) in [5, 5.41) is 29.1. The largest absolute Gasteiger partial charge is 0.492 e. The van der Waals surface area contributed by atoms with Crippen LogP contribution >= 0.6 is 0 Å². The standard InChI is InChI=1S/C16H26N4O4.C4H4O4/c1-13(2)19(16(21)17-9-10-18(3)4)11-12-24-15-7-5-14(6-8-15)20(22)23;5-3(6)1-2-4(7)8/h5-8,13H,9-12H2,1-4H3,(H,17,21);1-2H,(H,5,6)(H,7,8)/b;2-1-. The number of aliphatic carboxylic acids is 2. The number of carboxylic acids is 2. The molecule has 0 saturated carbocycles. The summed E-state index contributed by atoms with van der Waals surface area (Å²) in [6.07, 6.45) is 1.12. The van der Waals surface area contributed by atoms with Crippen LogP contribution in [0.1, 0.15) is 13.8 Å². The van der Waals surface area contributed by atoms with Gasteiger partial charge in [-0.1, -0.05) is 0 Å². The van der Waals surface area contributed by atoms with E-state index < -0.39 is 16.9 Å². The molecule has 1 aromatic rings. The molecular weight excluding hydrogens is 424 g/mol. The van der Waals surface area contributed by atoms with Crippen LogP contribution in [0.2, 0.25) is 0 Å². The number of nitro groups is 1. The summed E-state index contributed by atoms with van der Waals surface area (Å²) in [4.78, 5) is 45.1. The van der Waals surface area contributed by atoms with E-state index in [1.165, 1.54) is 12.1 Å². The number of non-ortho nitro benzene ring substituents is 1. The lowest BCUT2D eigenvalue weighted by atomic mass is 10.3. The minimum atomic E-state index is -1.26. The van der Waals surface area contributed by atoms with Crippen molar-refractivity contribution in [3.05, 3.63) is 46.5 Å². The molecule has 1 rings (SSSR count). The molecule has 0 unspecified atom stereocenters. The average Bonchev–Trinajstić information content (AvgIpc) is 2.69. The average molecular weight is 454 g/mol. The van der Waals surface area contributed by atoms with Crippen LogP contribution in [-0.2, 0) is 9.59 Å². The van der Waals surface area contributed by atoms with Crippen molar-refractivity contribution in [3.63, 3.8) is 0 Å². The monoisotopic (exact) mass is 454 g/mol. The number of nitrogens with zero attached hydrogens (tertiary/aromatic N) is 3.